The third kappa shape index (κ3) is 5.47. The average Bonchev–Trinajstić information content (AvgIpc) is 2.36. The summed E-state index contributed by atoms with van der Waals surface area (Å²) in [6, 6.07) is 0. The maximum absolute atomic E-state index is 11.6. The number of amides is 1. The number of hydrogen-bond acceptors (Lipinski definition) is 4. The highest BCUT2D eigenvalue weighted by molar-refractivity contribution is 5.75. The number of aliphatic hydroxyl groups is 1. The molecule has 0 spiro atoms. The molecule has 1 heterocycles. The largest absolute Gasteiger partial charge is 0.390 e. The van der Waals surface area contributed by atoms with E-state index in [1.165, 1.54) is 19.3 Å². The molecule has 2 aliphatic rings. The van der Waals surface area contributed by atoms with E-state index in [2.05, 4.69) is 10.2 Å². The number of carbonyl (C=O) groups excluding carboxylic acids is 1. The molecule has 0 aromatic rings. The molecular formula is C14H26N2O3. The molecule has 2 N–H and O–H groups in total. The van der Waals surface area contributed by atoms with E-state index in [1.54, 1.807) is 0 Å². The normalized spacial score (nSPS) is 22.8. The van der Waals surface area contributed by atoms with Crippen LogP contribution in [0.1, 0.15) is 32.1 Å². The van der Waals surface area contributed by atoms with Crippen LogP contribution >= 0.6 is 0 Å². The van der Waals surface area contributed by atoms with Gasteiger partial charge in [0.15, 0.2) is 0 Å². The predicted molar refractivity (Wildman–Crippen MR) is 72.9 cm³/mol. The first-order valence-corrected chi connectivity index (χ1v) is 7.49. The van der Waals surface area contributed by atoms with Gasteiger partial charge in [-0.3, -0.25) is 9.69 Å². The van der Waals surface area contributed by atoms with Crippen LogP contribution in [0.15, 0.2) is 0 Å². The Morgan fingerprint density at radius 2 is 2.11 bits per heavy atom. The lowest BCUT2D eigenvalue weighted by atomic mass is 9.82. The topological polar surface area (TPSA) is 61.8 Å². The van der Waals surface area contributed by atoms with Crippen LogP contribution < -0.4 is 5.32 Å². The Morgan fingerprint density at radius 1 is 1.37 bits per heavy atom. The van der Waals surface area contributed by atoms with Gasteiger partial charge < -0.3 is 15.2 Å². The van der Waals surface area contributed by atoms with Crippen LogP contribution in [0.2, 0.25) is 0 Å². The smallest absolute Gasteiger partial charge is 0.220 e. The molecule has 0 radical (unpaired) electrons. The number of hydrogen-bond donors (Lipinski definition) is 2. The van der Waals surface area contributed by atoms with Crippen molar-refractivity contribution < 1.29 is 14.6 Å². The molecule has 19 heavy (non-hydrogen) atoms. The molecule has 1 atom stereocenters. The summed E-state index contributed by atoms with van der Waals surface area (Å²) < 4.78 is 5.26. The van der Waals surface area contributed by atoms with E-state index >= 15 is 0 Å². The van der Waals surface area contributed by atoms with Gasteiger partial charge in [-0.05, 0) is 12.3 Å². The molecule has 2 rings (SSSR count). The number of rotatable bonds is 7. The molecule has 1 aliphatic heterocycles. The van der Waals surface area contributed by atoms with E-state index in [4.69, 9.17) is 4.74 Å². The van der Waals surface area contributed by atoms with Crippen LogP contribution in [0, 0.1) is 5.92 Å². The Hall–Kier alpha value is -0.650. The lowest BCUT2D eigenvalue weighted by molar-refractivity contribution is -0.122. The first-order valence-electron chi connectivity index (χ1n) is 7.49. The van der Waals surface area contributed by atoms with Crippen LogP contribution in [0.3, 0.4) is 0 Å². The van der Waals surface area contributed by atoms with E-state index in [0.717, 1.165) is 38.6 Å². The number of nitrogens with one attached hydrogen (secondary N) is 1. The van der Waals surface area contributed by atoms with Crippen LogP contribution in [0.4, 0.5) is 0 Å². The summed E-state index contributed by atoms with van der Waals surface area (Å²) in [5, 5.41) is 12.7. The van der Waals surface area contributed by atoms with Crippen molar-refractivity contribution in [3.8, 4) is 0 Å². The van der Waals surface area contributed by atoms with Crippen LogP contribution in [0.5, 0.6) is 0 Å². The second kappa shape index (κ2) is 7.82. The monoisotopic (exact) mass is 270 g/mol. The minimum absolute atomic E-state index is 0.0768. The van der Waals surface area contributed by atoms with Gasteiger partial charge in [0.1, 0.15) is 0 Å². The maximum Gasteiger partial charge on any atom is 0.220 e. The molecule has 2 fully saturated rings. The number of aliphatic hydroxyl groups excluding tert-OH is 1. The fourth-order valence-corrected chi connectivity index (χ4v) is 2.58. The standard InChI is InChI=1S/C14H26N2O3/c17-13(11-16-6-8-19-9-7-16)10-15-14(18)5-4-12-2-1-3-12/h12-13,17H,1-11H2,(H,15,18). The van der Waals surface area contributed by atoms with Crippen LogP contribution in [-0.4, -0.2) is 61.4 Å². The van der Waals surface area contributed by atoms with Crippen molar-refractivity contribution in [2.45, 2.75) is 38.2 Å². The number of carbonyl (C=O) groups is 1. The number of morpholine rings is 1. The molecule has 1 unspecified atom stereocenters. The fraction of sp³-hybridized carbons (Fsp3) is 0.929. The quantitative estimate of drug-likeness (QED) is 0.702. The summed E-state index contributed by atoms with van der Waals surface area (Å²) >= 11 is 0. The highest BCUT2D eigenvalue weighted by atomic mass is 16.5. The maximum atomic E-state index is 11.6. The van der Waals surface area contributed by atoms with Gasteiger partial charge in [0.2, 0.25) is 5.91 Å². The van der Waals surface area contributed by atoms with Gasteiger partial charge in [0.25, 0.3) is 0 Å². The predicted octanol–water partition coefficient (Wildman–Crippen LogP) is 0.376. The molecule has 1 aliphatic carbocycles. The molecule has 0 bridgehead atoms. The van der Waals surface area contributed by atoms with E-state index in [-0.39, 0.29) is 5.91 Å². The molecule has 0 aromatic heterocycles. The molecule has 1 amide bonds. The second-order valence-corrected chi connectivity index (χ2v) is 5.71. The fourth-order valence-electron chi connectivity index (χ4n) is 2.58. The summed E-state index contributed by atoms with van der Waals surface area (Å²) in [5.74, 6) is 0.844. The van der Waals surface area contributed by atoms with Gasteiger partial charge in [-0.15, -0.1) is 0 Å². The van der Waals surface area contributed by atoms with Crippen molar-refractivity contribution in [3.05, 3.63) is 0 Å². The third-order valence-corrected chi connectivity index (χ3v) is 4.11. The highest BCUT2D eigenvalue weighted by Gasteiger charge is 2.19. The van der Waals surface area contributed by atoms with Crippen molar-refractivity contribution in [3.63, 3.8) is 0 Å². The van der Waals surface area contributed by atoms with Gasteiger partial charge in [0.05, 0.1) is 19.3 Å². The zero-order valence-corrected chi connectivity index (χ0v) is 11.6. The number of β-amino-alcohol motifs (C(OH)–C–C–N with tert-alkyl or cyclic N) is 1. The SMILES string of the molecule is O=C(CCC1CCC1)NCC(O)CN1CCOCC1. The molecule has 1 saturated heterocycles. The first-order chi connectivity index (χ1) is 9.24. The second-order valence-electron chi connectivity index (χ2n) is 5.71. The zero-order chi connectivity index (χ0) is 13.5. The minimum atomic E-state index is -0.481. The zero-order valence-electron chi connectivity index (χ0n) is 11.6. The van der Waals surface area contributed by atoms with Gasteiger partial charge in [-0.25, -0.2) is 0 Å². The Kier molecular flexibility index (Phi) is 6.07. The van der Waals surface area contributed by atoms with Crippen molar-refractivity contribution >= 4 is 5.91 Å². The van der Waals surface area contributed by atoms with Crippen LogP contribution in [-0.2, 0) is 9.53 Å². The molecule has 110 valence electrons. The molecule has 5 nitrogen and oxygen atoms in total. The Balaban J connectivity index is 1.51. The molecule has 5 heteroatoms. The minimum Gasteiger partial charge on any atom is -0.390 e. The number of nitrogens with zero attached hydrogens (tertiary/aromatic N) is 1. The Labute approximate surface area is 115 Å². The Bertz CT molecular complexity index is 276. The van der Waals surface area contributed by atoms with Crippen molar-refractivity contribution in [1.29, 1.82) is 0 Å². The van der Waals surface area contributed by atoms with E-state index < -0.39 is 6.10 Å². The molecule has 0 aromatic carbocycles. The van der Waals surface area contributed by atoms with E-state index in [9.17, 15) is 9.90 Å². The summed E-state index contributed by atoms with van der Waals surface area (Å²) in [6.07, 6.45) is 5.02. The number of ether oxygens (including phenoxy) is 1. The van der Waals surface area contributed by atoms with Gasteiger partial charge >= 0.3 is 0 Å². The van der Waals surface area contributed by atoms with E-state index in [0.29, 0.717) is 19.5 Å². The summed E-state index contributed by atoms with van der Waals surface area (Å²) in [4.78, 5) is 13.8. The van der Waals surface area contributed by atoms with Crippen molar-refractivity contribution in [2.24, 2.45) is 5.92 Å². The van der Waals surface area contributed by atoms with Gasteiger partial charge in [-0.1, -0.05) is 19.3 Å². The summed E-state index contributed by atoms with van der Waals surface area (Å²) in [7, 11) is 0. The Morgan fingerprint density at radius 3 is 2.74 bits per heavy atom. The molecule has 1 saturated carbocycles. The third-order valence-electron chi connectivity index (χ3n) is 4.11. The molecular weight excluding hydrogens is 244 g/mol. The lowest BCUT2D eigenvalue weighted by Gasteiger charge is -2.28. The van der Waals surface area contributed by atoms with Crippen LogP contribution in [0.25, 0.3) is 0 Å². The highest BCUT2D eigenvalue weighted by Crippen LogP contribution is 2.30. The van der Waals surface area contributed by atoms with Gasteiger partial charge in [0, 0.05) is 32.6 Å². The van der Waals surface area contributed by atoms with Crippen molar-refractivity contribution in [2.75, 3.05) is 39.4 Å². The summed E-state index contributed by atoms with van der Waals surface area (Å²) in [6.45, 7) is 4.19. The van der Waals surface area contributed by atoms with E-state index in [1.807, 2.05) is 0 Å². The average molecular weight is 270 g/mol. The van der Waals surface area contributed by atoms with Gasteiger partial charge in [-0.2, -0.15) is 0 Å². The lowest BCUT2D eigenvalue weighted by Crippen LogP contribution is -2.44. The van der Waals surface area contributed by atoms with Crippen molar-refractivity contribution in [1.82, 2.24) is 10.2 Å². The summed E-state index contributed by atoms with van der Waals surface area (Å²) in [5.41, 5.74) is 0. The first kappa shape index (κ1) is 14.8.